The molecule has 0 bridgehead atoms. The van der Waals surface area contributed by atoms with Crippen LogP contribution in [0.3, 0.4) is 0 Å². The van der Waals surface area contributed by atoms with E-state index in [4.69, 9.17) is 0 Å². The zero-order valence-electron chi connectivity index (χ0n) is 10.4. The third-order valence-electron chi connectivity index (χ3n) is 2.49. The van der Waals surface area contributed by atoms with Gasteiger partial charge < -0.3 is 10.6 Å². The Morgan fingerprint density at radius 1 is 1.35 bits per heavy atom. The molecule has 0 radical (unpaired) electrons. The van der Waals surface area contributed by atoms with Gasteiger partial charge in [0.05, 0.1) is 6.04 Å². The van der Waals surface area contributed by atoms with E-state index < -0.39 is 0 Å². The summed E-state index contributed by atoms with van der Waals surface area (Å²) in [6.45, 7) is 5.93. The van der Waals surface area contributed by atoms with Gasteiger partial charge >= 0.3 is 6.03 Å². The Hall–Kier alpha value is -1.16. The monoisotopic (exact) mass is 250 g/mol. The average molecular weight is 250 g/mol. The lowest BCUT2D eigenvalue weighted by Gasteiger charge is -2.22. The van der Waals surface area contributed by atoms with Gasteiger partial charge in [-0.3, -0.25) is 0 Å². The summed E-state index contributed by atoms with van der Waals surface area (Å²) < 4.78 is 0. The second-order valence-electron chi connectivity index (χ2n) is 5.25. The Morgan fingerprint density at radius 3 is 2.76 bits per heavy atom. The molecule has 1 aromatic rings. The first-order valence-corrected chi connectivity index (χ1v) is 6.75. The first-order chi connectivity index (χ1) is 7.96. The van der Waals surface area contributed by atoms with Crippen molar-refractivity contribution in [3.8, 4) is 0 Å². The summed E-state index contributed by atoms with van der Waals surface area (Å²) >= 11 is 1.79. The van der Waals surface area contributed by atoms with Crippen LogP contribution in [-0.2, 0) is 0 Å². The van der Waals surface area contributed by atoms with Gasteiger partial charge in [0, 0.05) is 16.2 Å². The summed E-state index contributed by atoms with van der Waals surface area (Å²) in [7, 11) is 0. The molecule has 0 saturated carbocycles. The molecule has 0 fully saturated rings. The minimum absolute atomic E-state index is 0.0974. The van der Waals surface area contributed by atoms with Gasteiger partial charge in [0.25, 0.3) is 0 Å². The molecule has 1 heterocycles. The van der Waals surface area contributed by atoms with Crippen LogP contribution in [-0.4, -0.2) is 17.3 Å². The Labute approximate surface area is 106 Å². The van der Waals surface area contributed by atoms with E-state index in [-0.39, 0.29) is 17.6 Å². The van der Waals surface area contributed by atoms with Crippen molar-refractivity contribution in [2.75, 3.05) is 5.75 Å². The third-order valence-corrected chi connectivity index (χ3v) is 3.68. The van der Waals surface area contributed by atoms with Crippen molar-refractivity contribution in [3.63, 3.8) is 0 Å². The van der Waals surface area contributed by atoms with Crippen LogP contribution in [0.25, 0.3) is 0 Å². The van der Waals surface area contributed by atoms with E-state index in [0.717, 1.165) is 5.75 Å². The largest absolute Gasteiger partial charge is 0.334 e. The van der Waals surface area contributed by atoms with E-state index >= 15 is 0 Å². The Balaban J connectivity index is 2.00. The van der Waals surface area contributed by atoms with E-state index in [1.165, 1.54) is 10.5 Å². The standard InChI is InChI=1S/C13H18N2OS/c1-13(2,3)15-12(16)14-10-8-17-11-7-5-4-6-9(10)11/h4-7,10H,8H2,1-3H3,(H2,14,15,16). The number of thioether (sulfide) groups is 1. The maximum Gasteiger partial charge on any atom is 0.315 e. The maximum absolute atomic E-state index is 11.8. The SMILES string of the molecule is CC(C)(C)NC(=O)NC1CSc2ccccc21. The van der Waals surface area contributed by atoms with E-state index in [1.807, 2.05) is 32.9 Å². The summed E-state index contributed by atoms with van der Waals surface area (Å²) in [6, 6.07) is 8.25. The highest BCUT2D eigenvalue weighted by Gasteiger charge is 2.25. The zero-order chi connectivity index (χ0) is 12.5. The van der Waals surface area contributed by atoms with E-state index in [1.54, 1.807) is 11.8 Å². The quantitative estimate of drug-likeness (QED) is 0.804. The van der Waals surface area contributed by atoms with Gasteiger partial charge in [-0.1, -0.05) is 18.2 Å². The number of amides is 2. The fourth-order valence-corrected chi connectivity index (χ4v) is 2.98. The lowest BCUT2D eigenvalue weighted by molar-refractivity contribution is 0.229. The number of benzene rings is 1. The Kier molecular flexibility index (Phi) is 3.33. The molecule has 0 saturated heterocycles. The van der Waals surface area contributed by atoms with Crippen LogP contribution >= 0.6 is 11.8 Å². The highest BCUT2D eigenvalue weighted by Crippen LogP contribution is 2.37. The van der Waals surface area contributed by atoms with Crippen molar-refractivity contribution in [1.29, 1.82) is 0 Å². The fourth-order valence-electron chi connectivity index (χ4n) is 1.82. The molecule has 1 aliphatic rings. The molecule has 2 amide bonds. The number of urea groups is 1. The fraction of sp³-hybridized carbons (Fsp3) is 0.462. The van der Waals surface area contributed by atoms with Crippen molar-refractivity contribution in [2.45, 2.75) is 37.2 Å². The Bertz CT molecular complexity index is 426. The second kappa shape index (κ2) is 4.61. The van der Waals surface area contributed by atoms with Crippen molar-refractivity contribution in [3.05, 3.63) is 29.8 Å². The molecular weight excluding hydrogens is 232 g/mol. The summed E-state index contributed by atoms with van der Waals surface area (Å²) in [5.41, 5.74) is 1.02. The first kappa shape index (κ1) is 12.3. The molecule has 1 unspecified atom stereocenters. The van der Waals surface area contributed by atoms with Crippen LogP contribution in [0.1, 0.15) is 32.4 Å². The number of hydrogen-bond donors (Lipinski definition) is 2. The molecule has 0 spiro atoms. The maximum atomic E-state index is 11.8. The van der Waals surface area contributed by atoms with Crippen LogP contribution in [0.4, 0.5) is 4.79 Å². The molecular formula is C13H18N2OS. The normalized spacial score (nSPS) is 18.6. The number of nitrogens with one attached hydrogen (secondary N) is 2. The van der Waals surface area contributed by atoms with Gasteiger partial charge in [-0.25, -0.2) is 4.79 Å². The van der Waals surface area contributed by atoms with E-state index in [0.29, 0.717) is 0 Å². The molecule has 2 N–H and O–H groups in total. The molecule has 0 aliphatic carbocycles. The van der Waals surface area contributed by atoms with Gasteiger partial charge in [-0.05, 0) is 32.4 Å². The summed E-state index contributed by atoms with van der Waals surface area (Å²) in [6.07, 6.45) is 0. The van der Waals surface area contributed by atoms with Gasteiger partial charge in [0.1, 0.15) is 0 Å². The predicted octanol–water partition coefficient (Wildman–Crippen LogP) is 2.93. The summed E-state index contributed by atoms with van der Waals surface area (Å²) in [5.74, 6) is 0.914. The lowest BCUT2D eigenvalue weighted by Crippen LogP contribution is -2.47. The molecule has 17 heavy (non-hydrogen) atoms. The topological polar surface area (TPSA) is 41.1 Å². The summed E-state index contributed by atoms with van der Waals surface area (Å²) in [5, 5.41) is 5.94. The minimum Gasteiger partial charge on any atom is -0.334 e. The second-order valence-corrected chi connectivity index (χ2v) is 6.31. The number of carbonyl (C=O) groups excluding carboxylic acids is 1. The minimum atomic E-state index is -0.199. The van der Waals surface area contributed by atoms with Crippen LogP contribution in [0, 0.1) is 0 Å². The zero-order valence-corrected chi connectivity index (χ0v) is 11.2. The molecule has 92 valence electrons. The number of fused-ring (bicyclic) bond motifs is 1. The van der Waals surface area contributed by atoms with Crippen LogP contribution < -0.4 is 10.6 Å². The van der Waals surface area contributed by atoms with Gasteiger partial charge in [-0.2, -0.15) is 0 Å². The smallest absolute Gasteiger partial charge is 0.315 e. The van der Waals surface area contributed by atoms with Crippen LogP contribution in [0.2, 0.25) is 0 Å². The number of hydrogen-bond acceptors (Lipinski definition) is 2. The Morgan fingerprint density at radius 2 is 2.06 bits per heavy atom. The summed E-state index contributed by atoms with van der Waals surface area (Å²) in [4.78, 5) is 13.1. The van der Waals surface area contributed by atoms with Crippen LogP contribution in [0.5, 0.6) is 0 Å². The molecule has 2 rings (SSSR count). The van der Waals surface area contributed by atoms with Gasteiger partial charge in [0.15, 0.2) is 0 Å². The molecule has 0 aromatic heterocycles. The van der Waals surface area contributed by atoms with Crippen molar-refractivity contribution in [1.82, 2.24) is 10.6 Å². The van der Waals surface area contributed by atoms with Crippen molar-refractivity contribution in [2.24, 2.45) is 0 Å². The lowest BCUT2D eigenvalue weighted by atomic mass is 10.1. The highest BCUT2D eigenvalue weighted by atomic mass is 32.2. The molecule has 1 aliphatic heterocycles. The number of rotatable bonds is 1. The molecule has 1 atom stereocenters. The van der Waals surface area contributed by atoms with E-state index in [9.17, 15) is 4.79 Å². The third kappa shape index (κ3) is 3.16. The first-order valence-electron chi connectivity index (χ1n) is 5.76. The van der Waals surface area contributed by atoms with Crippen molar-refractivity contribution >= 4 is 17.8 Å². The van der Waals surface area contributed by atoms with Gasteiger partial charge in [-0.15, -0.1) is 11.8 Å². The van der Waals surface area contributed by atoms with Crippen LogP contribution in [0.15, 0.2) is 29.2 Å². The predicted molar refractivity (Wildman–Crippen MR) is 71.3 cm³/mol. The molecule has 3 nitrogen and oxygen atoms in total. The average Bonchev–Trinajstić information content (AvgIpc) is 2.59. The molecule has 1 aromatic carbocycles. The molecule has 4 heteroatoms. The van der Waals surface area contributed by atoms with Gasteiger partial charge in [0.2, 0.25) is 0 Å². The van der Waals surface area contributed by atoms with E-state index in [2.05, 4.69) is 22.8 Å². The highest BCUT2D eigenvalue weighted by molar-refractivity contribution is 7.99. The van der Waals surface area contributed by atoms with Crippen molar-refractivity contribution < 1.29 is 4.79 Å². The number of carbonyl (C=O) groups is 1.